The average molecular weight is 308 g/mol. The van der Waals surface area contributed by atoms with Gasteiger partial charge in [-0.15, -0.1) is 0 Å². The molecule has 0 saturated carbocycles. The van der Waals surface area contributed by atoms with Crippen LogP contribution in [0.25, 0.3) is 22.6 Å². The summed E-state index contributed by atoms with van der Waals surface area (Å²) in [4.78, 5) is 22.1. The van der Waals surface area contributed by atoms with Gasteiger partial charge in [-0.2, -0.15) is 0 Å². The predicted octanol–water partition coefficient (Wildman–Crippen LogP) is 2.68. The molecule has 0 aromatic carbocycles. The molecule has 90 valence electrons. The second-order valence-electron chi connectivity index (χ2n) is 3.59. The van der Waals surface area contributed by atoms with Gasteiger partial charge in [-0.05, 0) is 28.1 Å². The Morgan fingerprint density at radius 2 is 2.33 bits per heavy atom. The maximum atomic E-state index is 10.8. The average Bonchev–Trinajstić information content (AvgIpc) is 2.92. The number of rotatable bonds is 2. The molecule has 0 radical (unpaired) electrons. The van der Waals surface area contributed by atoms with Crippen LogP contribution in [-0.4, -0.2) is 26.0 Å². The number of carboxylic acid groups (broad SMARTS) is 1. The number of halogens is 1. The van der Waals surface area contributed by atoms with Crippen molar-refractivity contribution in [1.29, 1.82) is 0 Å². The first-order valence-corrected chi connectivity index (χ1v) is 5.77. The van der Waals surface area contributed by atoms with Gasteiger partial charge in [-0.3, -0.25) is 0 Å². The second-order valence-corrected chi connectivity index (χ2v) is 4.31. The highest BCUT2D eigenvalue weighted by molar-refractivity contribution is 9.10. The van der Waals surface area contributed by atoms with Gasteiger partial charge in [0.2, 0.25) is 0 Å². The number of hydrogen-bond acceptors (Lipinski definition) is 4. The maximum absolute atomic E-state index is 10.8. The molecule has 0 saturated heterocycles. The predicted molar refractivity (Wildman–Crippen MR) is 66.2 cm³/mol. The molecule has 0 spiro atoms. The minimum Gasteiger partial charge on any atom is -0.478 e. The van der Waals surface area contributed by atoms with E-state index in [-0.39, 0.29) is 5.56 Å². The van der Waals surface area contributed by atoms with Crippen molar-refractivity contribution >= 4 is 33.1 Å². The molecule has 0 aliphatic rings. The summed E-state index contributed by atoms with van der Waals surface area (Å²) in [5.41, 5.74) is 1.90. The lowest BCUT2D eigenvalue weighted by Gasteiger charge is -1.91. The van der Waals surface area contributed by atoms with Crippen molar-refractivity contribution in [3.05, 3.63) is 34.8 Å². The van der Waals surface area contributed by atoms with Gasteiger partial charge in [-0.1, -0.05) is 0 Å². The van der Waals surface area contributed by atoms with Gasteiger partial charge in [0.15, 0.2) is 10.3 Å². The monoisotopic (exact) mass is 307 g/mol. The van der Waals surface area contributed by atoms with Gasteiger partial charge in [-0.25, -0.2) is 14.8 Å². The number of furan rings is 1. The van der Waals surface area contributed by atoms with E-state index in [1.165, 1.54) is 18.5 Å². The zero-order valence-electron chi connectivity index (χ0n) is 8.85. The largest absolute Gasteiger partial charge is 0.478 e. The highest BCUT2D eigenvalue weighted by atomic mass is 79.9. The Morgan fingerprint density at radius 3 is 3.00 bits per heavy atom. The maximum Gasteiger partial charge on any atom is 0.337 e. The lowest BCUT2D eigenvalue weighted by atomic mass is 10.3. The first-order valence-electron chi connectivity index (χ1n) is 4.97. The fourth-order valence-corrected chi connectivity index (χ4v) is 2.04. The zero-order valence-corrected chi connectivity index (χ0v) is 10.4. The molecular formula is C11H6BrN3O3. The summed E-state index contributed by atoms with van der Waals surface area (Å²) >= 11 is 3.26. The summed E-state index contributed by atoms with van der Waals surface area (Å²) in [6, 6.07) is 3.25. The van der Waals surface area contributed by atoms with E-state index in [1.807, 2.05) is 0 Å². The van der Waals surface area contributed by atoms with Crippen LogP contribution in [0.15, 0.2) is 33.7 Å². The van der Waals surface area contributed by atoms with Gasteiger partial charge in [0.05, 0.1) is 22.9 Å². The molecule has 3 aromatic rings. The van der Waals surface area contributed by atoms with Crippen molar-refractivity contribution in [2.45, 2.75) is 0 Å². The highest BCUT2D eigenvalue weighted by Gasteiger charge is 2.13. The third kappa shape index (κ3) is 1.68. The Bertz CT molecular complexity index is 747. The molecule has 3 rings (SSSR count). The van der Waals surface area contributed by atoms with E-state index < -0.39 is 5.97 Å². The van der Waals surface area contributed by atoms with Crippen molar-refractivity contribution in [2.75, 3.05) is 0 Å². The highest BCUT2D eigenvalue weighted by Crippen LogP contribution is 2.28. The number of pyridine rings is 1. The van der Waals surface area contributed by atoms with Crippen molar-refractivity contribution in [2.24, 2.45) is 0 Å². The van der Waals surface area contributed by atoms with Crippen LogP contribution in [-0.2, 0) is 0 Å². The number of nitrogens with zero attached hydrogens (tertiary/aromatic N) is 2. The molecule has 7 heteroatoms. The first kappa shape index (κ1) is 11.0. The minimum absolute atomic E-state index is 0.115. The summed E-state index contributed by atoms with van der Waals surface area (Å²) in [6.45, 7) is 0. The fraction of sp³-hybridized carbons (Fsp3) is 0. The fourth-order valence-electron chi connectivity index (χ4n) is 1.61. The summed E-state index contributed by atoms with van der Waals surface area (Å²) in [7, 11) is 0. The van der Waals surface area contributed by atoms with E-state index in [9.17, 15) is 4.79 Å². The number of hydrogen-bond donors (Lipinski definition) is 2. The number of nitrogens with one attached hydrogen (secondary N) is 1. The van der Waals surface area contributed by atoms with Crippen LogP contribution in [0.5, 0.6) is 0 Å². The summed E-state index contributed by atoms with van der Waals surface area (Å²) < 4.78 is 5.67. The number of aromatic carboxylic acids is 1. The first-order chi connectivity index (χ1) is 8.65. The van der Waals surface area contributed by atoms with Crippen LogP contribution in [0.1, 0.15) is 10.4 Å². The molecule has 0 aliphatic heterocycles. The molecule has 18 heavy (non-hydrogen) atoms. The van der Waals surface area contributed by atoms with Crippen LogP contribution >= 0.6 is 15.9 Å². The summed E-state index contributed by atoms with van der Waals surface area (Å²) in [5, 5.41) is 8.88. The number of fused-ring (bicyclic) bond motifs is 1. The lowest BCUT2D eigenvalue weighted by Crippen LogP contribution is -1.96. The number of carboxylic acids is 1. The molecule has 3 heterocycles. The molecule has 2 N–H and O–H groups in total. The normalized spacial score (nSPS) is 10.9. The number of carbonyl (C=O) groups is 1. The Kier molecular flexibility index (Phi) is 2.41. The summed E-state index contributed by atoms with van der Waals surface area (Å²) in [6.07, 6.45) is 2.81. The van der Waals surface area contributed by atoms with Crippen molar-refractivity contribution in [1.82, 2.24) is 15.0 Å². The third-order valence-electron chi connectivity index (χ3n) is 2.46. The number of H-pyrrole nitrogens is 1. The molecule has 0 atom stereocenters. The van der Waals surface area contributed by atoms with E-state index in [0.717, 1.165) is 5.56 Å². The second kappa shape index (κ2) is 3.95. The number of imidazole rings is 1. The molecule has 0 unspecified atom stereocenters. The van der Waals surface area contributed by atoms with E-state index in [1.54, 1.807) is 6.07 Å². The topological polar surface area (TPSA) is 92.0 Å². The smallest absolute Gasteiger partial charge is 0.337 e. The van der Waals surface area contributed by atoms with Crippen LogP contribution in [0, 0.1) is 0 Å². The van der Waals surface area contributed by atoms with Crippen LogP contribution in [0.4, 0.5) is 0 Å². The molecule has 0 bridgehead atoms. The van der Waals surface area contributed by atoms with Gasteiger partial charge in [0, 0.05) is 6.20 Å². The van der Waals surface area contributed by atoms with E-state index in [2.05, 4.69) is 30.9 Å². The Morgan fingerprint density at radius 1 is 1.50 bits per heavy atom. The molecule has 0 amide bonds. The SMILES string of the molecule is O=C(O)c1cnc2nc(-c3ccoc3Br)[nH]c2c1. The van der Waals surface area contributed by atoms with Crippen LogP contribution in [0.3, 0.4) is 0 Å². The Labute approximate surface area is 109 Å². The van der Waals surface area contributed by atoms with Gasteiger partial charge < -0.3 is 14.5 Å². The number of aromatic amines is 1. The van der Waals surface area contributed by atoms with Crippen LogP contribution in [0.2, 0.25) is 0 Å². The van der Waals surface area contributed by atoms with Gasteiger partial charge in [0.1, 0.15) is 5.82 Å². The number of aromatic nitrogens is 3. The molecule has 3 aromatic heterocycles. The lowest BCUT2D eigenvalue weighted by molar-refractivity contribution is 0.0696. The third-order valence-corrected chi connectivity index (χ3v) is 3.07. The Balaban J connectivity index is 2.17. The quantitative estimate of drug-likeness (QED) is 0.759. The molecule has 0 aliphatic carbocycles. The minimum atomic E-state index is -1.02. The molecule has 6 nitrogen and oxygen atoms in total. The van der Waals surface area contributed by atoms with E-state index >= 15 is 0 Å². The van der Waals surface area contributed by atoms with Gasteiger partial charge >= 0.3 is 5.97 Å². The zero-order chi connectivity index (χ0) is 12.7. The summed E-state index contributed by atoms with van der Waals surface area (Å²) in [5.74, 6) is -0.453. The van der Waals surface area contributed by atoms with Crippen LogP contribution < -0.4 is 0 Å². The van der Waals surface area contributed by atoms with E-state index in [4.69, 9.17) is 9.52 Å². The standard InChI is InChI=1S/C11H6BrN3O3/c12-8-6(1-2-18-8)9-14-7-3-5(11(16)17)4-13-10(7)15-9/h1-4H,(H,16,17)(H,13,14,15). The van der Waals surface area contributed by atoms with Crippen molar-refractivity contribution in [3.8, 4) is 11.4 Å². The van der Waals surface area contributed by atoms with Crippen molar-refractivity contribution in [3.63, 3.8) is 0 Å². The molecular weight excluding hydrogens is 302 g/mol. The molecule has 0 fully saturated rings. The van der Waals surface area contributed by atoms with E-state index in [0.29, 0.717) is 21.7 Å². The van der Waals surface area contributed by atoms with Gasteiger partial charge in [0.25, 0.3) is 0 Å². The Hall–Kier alpha value is -2.15. The van der Waals surface area contributed by atoms with Crippen molar-refractivity contribution < 1.29 is 14.3 Å².